The minimum atomic E-state index is -0.477. The highest BCUT2D eigenvalue weighted by Crippen LogP contribution is 2.36. The summed E-state index contributed by atoms with van der Waals surface area (Å²) in [5, 5.41) is 3.70. The first kappa shape index (κ1) is 21.6. The zero-order valence-corrected chi connectivity index (χ0v) is 18.2. The topological polar surface area (TPSA) is 58.6 Å². The number of nitrogens with one attached hydrogen (secondary N) is 1. The van der Waals surface area contributed by atoms with Gasteiger partial charge in [-0.05, 0) is 54.4 Å². The molecule has 0 aliphatic carbocycles. The fraction of sp³-hybridized carbons (Fsp3) is 0.120. The van der Waals surface area contributed by atoms with Gasteiger partial charge in [-0.15, -0.1) is 0 Å². The van der Waals surface area contributed by atoms with Crippen LogP contribution in [0.3, 0.4) is 0 Å². The van der Waals surface area contributed by atoms with Crippen LogP contribution in [-0.4, -0.2) is 23.8 Å². The van der Waals surface area contributed by atoms with E-state index in [1.165, 1.54) is 19.2 Å². The Labute approximate surface area is 190 Å². The predicted molar refractivity (Wildman–Crippen MR) is 122 cm³/mol. The monoisotopic (exact) mass is 450 g/mol. The predicted octanol–water partition coefficient (Wildman–Crippen LogP) is 5.19. The molecular formula is C25H20ClFN2O3. The van der Waals surface area contributed by atoms with Crippen molar-refractivity contribution in [1.82, 2.24) is 4.90 Å². The number of carbonyl (C=O) groups is 2. The van der Waals surface area contributed by atoms with Gasteiger partial charge in [0.15, 0.2) is 0 Å². The number of para-hydroxylation sites is 1. The molecule has 0 radical (unpaired) electrons. The van der Waals surface area contributed by atoms with Gasteiger partial charge >= 0.3 is 0 Å². The number of hydrogen-bond donors (Lipinski definition) is 1. The molecule has 0 saturated carbocycles. The summed E-state index contributed by atoms with van der Waals surface area (Å²) >= 11 is 6.06. The van der Waals surface area contributed by atoms with Crippen molar-refractivity contribution in [2.24, 2.45) is 0 Å². The lowest BCUT2D eigenvalue weighted by atomic mass is 10.0. The molecule has 0 unspecified atom stereocenters. The number of imide groups is 1. The molecule has 0 fully saturated rings. The third kappa shape index (κ3) is 4.09. The molecule has 1 N–H and O–H groups in total. The van der Waals surface area contributed by atoms with E-state index in [0.717, 1.165) is 10.5 Å². The van der Waals surface area contributed by atoms with Crippen molar-refractivity contribution in [1.29, 1.82) is 0 Å². The molecule has 7 heteroatoms. The first-order valence-corrected chi connectivity index (χ1v) is 10.3. The maximum absolute atomic E-state index is 13.5. The number of hydrogen-bond acceptors (Lipinski definition) is 4. The number of benzene rings is 3. The van der Waals surface area contributed by atoms with Crippen molar-refractivity contribution >= 4 is 34.7 Å². The fourth-order valence-electron chi connectivity index (χ4n) is 3.61. The van der Waals surface area contributed by atoms with Gasteiger partial charge in [-0.2, -0.15) is 0 Å². The number of methoxy groups -OCH3 is 1. The molecule has 2 amide bonds. The first-order valence-electron chi connectivity index (χ1n) is 9.90. The number of halogens is 2. The van der Waals surface area contributed by atoms with E-state index in [2.05, 4.69) is 5.32 Å². The van der Waals surface area contributed by atoms with E-state index in [9.17, 15) is 14.0 Å². The number of nitrogens with zero attached hydrogens (tertiary/aromatic N) is 1. The van der Waals surface area contributed by atoms with Gasteiger partial charge in [-0.3, -0.25) is 14.5 Å². The fourth-order valence-corrected chi connectivity index (χ4v) is 3.84. The average Bonchev–Trinajstić information content (AvgIpc) is 3.01. The van der Waals surface area contributed by atoms with Crippen LogP contribution in [0.2, 0.25) is 5.02 Å². The van der Waals surface area contributed by atoms with E-state index < -0.39 is 11.8 Å². The van der Waals surface area contributed by atoms with Crippen molar-refractivity contribution in [3.63, 3.8) is 0 Å². The van der Waals surface area contributed by atoms with Gasteiger partial charge in [-0.25, -0.2) is 4.39 Å². The van der Waals surface area contributed by atoms with Gasteiger partial charge in [0.25, 0.3) is 11.8 Å². The van der Waals surface area contributed by atoms with Crippen molar-refractivity contribution in [2.45, 2.75) is 13.5 Å². The van der Waals surface area contributed by atoms with E-state index in [0.29, 0.717) is 27.6 Å². The number of ether oxygens (including phenoxy) is 1. The molecule has 1 heterocycles. The molecule has 0 aromatic heterocycles. The zero-order chi connectivity index (χ0) is 22.8. The van der Waals surface area contributed by atoms with Crippen molar-refractivity contribution in [3.05, 3.63) is 100.0 Å². The van der Waals surface area contributed by atoms with Crippen LogP contribution in [-0.2, 0) is 16.1 Å². The Morgan fingerprint density at radius 2 is 1.72 bits per heavy atom. The second-order valence-corrected chi connectivity index (χ2v) is 7.79. The Balaban J connectivity index is 1.79. The standard InChI is InChI=1S/C25H20ClFN2O3/c1-15-13-17(26)9-12-20(15)28-23-22(19-5-3-4-6-21(19)32-2)24(30)29(25(23)31)14-16-7-10-18(27)11-8-16/h3-13,28H,14H2,1-2H3. The van der Waals surface area contributed by atoms with Crippen LogP contribution < -0.4 is 10.1 Å². The van der Waals surface area contributed by atoms with Crippen LogP contribution in [0, 0.1) is 12.7 Å². The van der Waals surface area contributed by atoms with Gasteiger partial charge in [0.1, 0.15) is 17.3 Å². The Kier molecular flexibility index (Phi) is 5.97. The summed E-state index contributed by atoms with van der Waals surface area (Å²) < 4.78 is 18.7. The van der Waals surface area contributed by atoms with E-state index in [1.54, 1.807) is 54.6 Å². The van der Waals surface area contributed by atoms with E-state index in [4.69, 9.17) is 16.3 Å². The van der Waals surface area contributed by atoms with Gasteiger partial charge in [0.05, 0.1) is 19.2 Å². The van der Waals surface area contributed by atoms with Gasteiger partial charge in [-0.1, -0.05) is 41.9 Å². The van der Waals surface area contributed by atoms with Crippen LogP contribution in [0.15, 0.2) is 72.4 Å². The lowest BCUT2D eigenvalue weighted by Crippen LogP contribution is -2.32. The smallest absolute Gasteiger partial charge is 0.278 e. The van der Waals surface area contributed by atoms with Crippen LogP contribution in [0.25, 0.3) is 5.57 Å². The summed E-state index contributed by atoms with van der Waals surface area (Å²) in [5.41, 5.74) is 2.97. The molecule has 0 atom stereocenters. The number of amides is 2. The second-order valence-electron chi connectivity index (χ2n) is 7.36. The quantitative estimate of drug-likeness (QED) is 0.525. The lowest BCUT2D eigenvalue weighted by Gasteiger charge is -2.16. The Hall–Kier alpha value is -3.64. The molecule has 1 aliphatic heterocycles. The zero-order valence-electron chi connectivity index (χ0n) is 17.5. The summed E-state index contributed by atoms with van der Waals surface area (Å²) in [6.07, 6.45) is 0. The van der Waals surface area contributed by atoms with E-state index in [1.807, 2.05) is 6.92 Å². The number of anilines is 1. The van der Waals surface area contributed by atoms with Crippen molar-refractivity contribution in [2.75, 3.05) is 12.4 Å². The Bertz CT molecular complexity index is 1240. The molecule has 0 saturated heterocycles. The normalized spacial score (nSPS) is 13.7. The molecule has 0 spiro atoms. The molecule has 0 bridgehead atoms. The highest BCUT2D eigenvalue weighted by molar-refractivity contribution is 6.37. The lowest BCUT2D eigenvalue weighted by molar-refractivity contribution is -0.137. The van der Waals surface area contributed by atoms with Crippen LogP contribution in [0.4, 0.5) is 10.1 Å². The maximum Gasteiger partial charge on any atom is 0.278 e. The van der Waals surface area contributed by atoms with Crippen molar-refractivity contribution < 1.29 is 18.7 Å². The molecule has 3 aromatic rings. The number of rotatable bonds is 6. The summed E-state index contributed by atoms with van der Waals surface area (Å²) in [6.45, 7) is 1.87. The van der Waals surface area contributed by atoms with E-state index >= 15 is 0 Å². The van der Waals surface area contributed by atoms with Gasteiger partial charge in [0, 0.05) is 16.3 Å². The van der Waals surface area contributed by atoms with Crippen LogP contribution >= 0.6 is 11.6 Å². The molecule has 32 heavy (non-hydrogen) atoms. The second kappa shape index (κ2) is 8.85. The molecule has 4 rings (SSSR count). The largest absolute Gasteiger partial charge is 0.496 e. The Morgan fingerprint density at radius 3 is 2.41 bits per heavy atom. The van der Waals surface area contributed by atoms with E-state index in [-0.39, 0.29) is 23.6 Å². The third-order valence-electron chi connectivity index (χ3n) is 5.25. The SMILES string of the molecule is COc1ccccc1C1=C(Nc2ccc(Cl)cc2C)C(=O)N(Cc2ccc(F)cc2)C1=O. The average molecular weight is 451 g/mol. The first-order chi connectivity index (χ1) is 15.4. The molecule has 162 valence electrons. The summed E-state index contributed by atoms with van der Waals surface area (Å²) in [5.74, 6) is -0.854. The molecule has 1 aliphatic rings. The molecular weight excluding hydrogens is 431 g/mol. The summed E-state index contributed by atoms with van der Waals surface area (Å²) in [6, 6.07) is 17.9. The van der Waals surface area contributed by atoms with Crippen LogP contribution in [0.1, 0.15) is 16.7 Å². The molecule has 3 aromatic carbocycles. The highest BCUT2D eigenvalue weighted by Gasteiger charge is 2.40. The highest BCUT2D eigenvalue weighted by atomic mass is 35.5. The minimum absolute atomic E-state index is 0.0153. The third-order valence-corrected chi connectivity index (χ3v) is 5.48. The minimum Gasteiger partial charge on any atom is -0.496 e. The van der Waals surface area contributed by atoms with Crippen LogP contribution in [0.5, 0.6) is 5.75 Å². The maximum atomic E-state index is 13.5. The summed E-state index contributed by atoms with van der Waals surface area (Å²) in [4.78, 5) is 28.0. The van der Waals surface area contributed by atoms with Crippen molar-refractivity contribution in [3.8, 4) is 5.75 Å². The van der Waals surface area contributed by atoms with Gasteiger partial charge in [0.2, 0.25) is 0 Å². The van der Waals surface area contributed by atoms with Gasteiger partial charge < -0.3 is 10.1 Å². The number of carbonyl (C=O) groups excluding carboxylic acids is 2. The summed E-state index contributed by atoms with van der Waals surface area (Å²) in [7, 11) is 1.51. The number of aryl methyl sites for hydroxylation is 1. The molecule has 5 nitrogen and oxygen atoms in total. The Morgan fingerprint density at radius 1 is 1.00 bits per heavy atom.